The Kier molecular flexibility index (Phi) is 4.12. The van der Waals surface area contributed by atoms with Gasteiger partial charge in [0.25, 0.3) is 5.91 Å². The Morgan fingerprint density at radius 3 is 2.10 bits per heavy atom. The van der Waals surface area contributed by atoms with Crippen LogP contribution in [0, 0.1) is 5.92 Å². The van der Waals surface area contributed by atoms with Crippen molar-refractivity contribution in [1.29, 1.82) is 0 Å². The van der Waals surface area contributed by atoms with Crippen molar-refractivity contribution >= 4 is 11.9 Å². The van der Waals surface area contributed by atoms with Gasteiger partial charge < -0.3 is 20.6 Å². The van der Waals surface area contributed by atoms with Crippen LogP contribution in [-0.2, 0) is 4.79 Å². The van der Waals surface area contributed by atoms with E-state index < -0.39 is 11.9 Å². The summed E-state index contributed by atoms with van der Waals surface area (Å²) < 4.78 is 0. The third-order valence-corrected chi connectivity index (χ3v) is 3.66. The summed E-state index contributed by atoms with van der Waals surface area (Å²) in [6, 6.07) is 3.97. The Morgan fingerprint density at radius 1 is 1.05 bits per heavy atom. The Hall–Kier alpha value is -2.24. The second kappa shape index (κ2) is 5.81. The van der Waals surface area contributed by atoms with Gasteiger partial charge in [-0.3, -0.25) is 9.59 Å². The van der Waals surface area contributed by atoms with Crippen LogP contribution in [0.25, 0.3) is 0 Å². The van der Waals surface area contributed by atoms with E-state index in [0.717, 1.165) is 0 Å². The van der Waals surface area contributed by atoms with Gasteiger partial charge >= 0.3 is 5.97 Å². The first-order valence-electron chi connectivity index (χ1n) is 6.53. The monoisotopic (exact) mass is 279 g/mol. The first kappa shape index (κ1) is 14.2. The van der Waals surface area contributed by atoms with E-state index in [1.165, 1.54) is 18.2 Å². The molecule has 0 saturated heterocycles. The highest BCUT2D eigenvalue weighted by Gasteiger charge is 2.27. The minimum atomic E-state index is -0.798. The number of aromatic hydroxyl groups is 2. The molecule has 2 rings (SSSR count). The van der Waals surface area contributed by atoms with Crippen molar-refractivity contribution in [3.05, 3.63) is 23.8 Å². The van der Waals surface area contributed by atoms with Crippen LogP contribution in [0.15, 0.2) is 18.2 Å². The lowest BCUT2D eigenvalue weighted by Crippen LogP contribution is -2.38. The van der Waals surface area contributed by atoms with E-state index in [1.807, 2.05) is 0 Å². The van der Waals surface area contributed by atoms with Gasteiger partial charge in [0.1, 0.15) is 17.1 Å². The molecule has 1 aromatic carbocycles. The molecule has 1 aliphatic rings. The molecule has 6 nitrogen and oxygen atoms in total. The van der Waals surface area contributed by atoms with Gasteiger partial charge in [-0.2, -0.15) is 0 Å². The molecular weight excluding hydrogens is 262 g/mol. The molecule has 1 saturated carbocycles. The van der Waals surface area contributed by atoms with E-state index in [4.69, 9.17) is 5.11 Å². The number of phenols is 2. The van der Waals surface area contributed by atoms with Crippen molar-refractivity contribution in [3.63, 3.8) is 0 Å². The van der Waals surface area contributed by atoms with E-state index in [0.29, 0.717) is 25.7 Å². The van der Waals surface area contributed by atoms with Crippen LogP contribution in [0.4, 0.5) is 0 Å². The highest BCUT2D eigenvalue weighted by molar-refractivity contribution is 5.99. The van der Waals surface area contributed by atoms with Gasteiger partial charge in [0.05, 0.1) is 5.92 Å². The van der Waals surface area contributed by atoms with Crippen molar-refractivity contribution < 1.29 is 24.9 Å². The van der Waals surface area contributed by atoms with Crippen molar-refractivity contribution in [2.75, 3.05) is 0 Å². The number of hydrogen-bond donors (Lipinski definition) is 4. The van der Waals surface area contributed by atoms with Gasteiger partial charge in [0.2, 0.25) is 0 Å². The molecule has 1 aliphatic carbocycles. The van der Waals surface area contributed by atoms with Crippen LogP contribution in [0.5, 0.6) is 11.5 Å². The van der Waals surface area contributed by atoms with Crippen molar-refractivity contribution in [3.8, 4) is 11.5 Å². The number of carboxylic acids is 1. The van der Waals surface area contributed by atoms with Gasteiger partial charge in [-0.1, -0.05) is 6.07 Å². The zero-order valence-electron chi connectivity index (χ0n) is 10.9. The van der Waals surface area contributed by atoms with Gasteiger partial charge in [-0.05, 0) is 37.8 Å². The number of nitrogens with one attached hydrogen (secondary N) is 1. The Morgan fingerprint density at radius 2 is 1.60 bits per heavy atom. The predicted molar refractivity (Wildman–Crippen MR) is 70.6 cm³/mol. The lowest BCUT2D eigenvalue weighted by molar-refractivity contribution is -0.142. The number of carbonyl (C=O) groups excluding carboxylic acids is 1. The maximum Gasteiger partial charge on any atom is 0.306 e. The molecule has 1 aromatic rings. The summed E-state index contributed by atoms with van der Waals surface area (Å²) in [4.78, 5) is 22.9. The number of aliphatic carboxylic acids is 1. The smallest absolute Gasteiger partial charge is 0.306 e. The molecule has 0 aromatic heterocycles. The lowest BCUT2D eigenvalue weighted by atomic mass is 9.86. The van der Waals surface area contributed by atoms with Crippen molar-refractivity contribution in [1.82, 2.24) is 5.32 Å². The number of benzene rings is 1. The van der Waals surface area contributed by atoms with Crippen LogP contribution < -0.4 is 5.32 Å². The fraction of sp³-hybridized carbons (Fsp3) is 0.429. The molecule has 1 fully saturated rings. The summed E-state index contributed by atoms with van der Waals surface area (Å²) in [5, 5.41) is 30.8. The summed E-state index contributed by atoms with van der Waals surface area (Å²) >= 11 is 0. The van der Waals surface area contributed by atoms with Crippen molar-refractivity contribution in [2.45, 2.75) is 31.7 Å². The van der Waals surface area contributed by atoms with E-state index in [9.17, 15) is 19.8 Å². The molecule has 108 valence electrons. The van der Waals surface area contributed by atoms with E-state index in [-0.39, 0.29) is 29.0 Å². The van der Waals surface area contributed by atoms with Gasteiger partial charge in [0.15, 0.2) is 0 Å². The summed E-state index contributed by atoms with van der Waals surface area (Å²) in [5.74, 6) is -2.24. The molecule has 0 bridgehead atoms. The quantitative estimate of drug-likeness (QED) is 0.670. The summed E-state index contributed by atoms with van der Waals surface area (Å²) in [5.41, 5.74) is -0.146. The predicted octanol–water partition coefficient (Wildman–Crippen LogP) is 1.47. The average molecular weight is 279 g/mol. The summed E-state index contributed by atoms with van der Waals surface area (Å²) in [6.45, 7) is 0. The third kappa shape index (κ3) is 3.01. The van der Waals surface area contributed by atoms with Gasteiger partial charge in [0, 0.05) is 6.04 Å². The first-order valence-corrected chi connectivity index (χ1v) is 6.53. The first-order chi connectivity index (χ1) is 9.49. The Balaban J connectivity index is 1.98. The molecule has 0 atom stereocenters. The maximum absolute atomic E-state index is 12.0. The van der Waals surface area contributed by atoms with E-state index in [2.05, 4.69) is 5.32 Å². The SMILES string of the molecule is O=C(NC1CCC(C(=O)O)CC1)c1c(O)cccc1O. The molecule has 0 aliphatic heterocycles. The number of amides is 1. The number of carboxylic acid groups (broad SMARTS) is 1. The fourth-order valence-electron chi connectivity index (χ4n) is 2.50. The third-order valence-electron chi connectivity index (χ3n) is 3.66. The molecule has 20 heavy (non-hydrogen) atoms. The molecule has 1 amide bonds. The second-order valence-corrected chi connectivity index (χ2v) is 5.03. The van der Waals surface area contributed by atoms with Crippen molar-refractivity contribution in [2.24, 2.45) is 5.92 Å². The van der Waals surface area contributed by atoms with Gasteiger partial charge in [-0.25, -0.2) is 0 Å². The standard InChI is InChI=1S/C14H17NO5/c16-10-2-1-3-11(17)12(10)13(18)15-9-6-4-8(5-7-9)14(19)20/h1-3,8-9,16-17H,4-7H2,(H,15,18)(H,19,20). The number of hydrogen-bond acceptors (Lipinski definition) is 4. The highest BCUT2D eigenvalue weighted by atomic mass is 16.4. The largest absolute Gasteiger partial charge is 0.507 e. The number of rotatable bonds is 3. The average Bonchev–Trinajstić information content (AvgIpc) is 2.39. The number of carbonyl (C=O) groups is 2. The molecule has 0 spiro atoms. The van der Waals surface area contributed by atoms with E-state index >= 15 is 0 Å². The minimum absolute atomic E-state index is 0.128. The van der Waals surface area contributed by atoms with Crippen LogP contribution in [0.3, 0.4) is 0 Å². The molecule has 0 radical (unpaired) electrons. The minimum Gasteiger partial charge on any atom is -0.507 e. The summed E-state index contributed by atoms with van der Waals surface area (Å²) in [7, 11) is 0. The van der Waals surface area contributed by atoms with Crippen LogP contribution in [-0.4, -0.2) is 33.2 Å². The second-order valence-electron chi connectivity index (χ2n) is 5.03. The zero-order valence-corrected chi connectivity index (χ0v) is 10.9. The topological polar surface area (TPSA) is 107 Å². The molecular formula is C14H17NO5. The zero-order chi connectivity index (χ0) is 14.7. The van der Waals surface area contributed by atoms with Gasteiger partial charge in [-0.15, -0.1) is 0 Å². The fourth-order valence-corrected chi connectivity index (χ4v) is 2.50. The molecule has 0 heterocycles. The van der Waals surface area contributed by atoms with E-state index in [1.54, 1.807) is 0 Å². The molecule has 6 heteroatoms. The van der Waals surface area contributed by atoms with Crippen LogP contribution in [0.1, 0.15) is 36.0 Å². The molecule has 4 N–H and O–H groups in total. The number of phenolic OH excluding ortho intramolecular Hbond substituents is 2. The Bertz CT molecular complexity index is 500. The highest BCUT2D eigenvalue weighted by Crippen LogP contribution is 2.28. The summed E-state index contributed by atoms with van der Waals surface area (Å²) in [6.07, 6.45) is 2.20. The molecule has 0 unspecified atom stereocenters. The Labute approximate surface area is 116 Å². The normalized spacial score (nSPS) is 22.2. The lowest BCUT2D eigenvalue weighted by Gasteiger charge is -2.27. The van der Waals surface area contributed by atoms with Crippen LogP contribution in [0.2, 0.25) is 0 Å². The maximum atomic E-state index is 12.0. The van der Waals surface area contributed by atoms with Crippen LogP contribution >= 0.6 is 0 Å².